The van der Waals surface area contributed by atoms with Crippen molar-refractivity contribution in [2.45, 2.75) is 39.0 Å². The van der Waals surface area contributed by atoms with Gasteiger partial charge in [0.25, 0.3) is 0 Å². The highest BCUT2D eigenvalue weighted by molar-refractivity contribution is 7.11. The van der Waals surface area contributed by atoms with E-state index in [0.29, 0.717) is 12.6 Å². The summed E-state index contributed by atoms with van der Waals surface area (Å²) in [6.07, 6.45) is 4.11. The summed E-state index contributed by atoms with van der Waals surface area (Å²) in [5.41, 5.74) is 1.95. The van der Waals surface area contributed by atoms with Crippen molar-refractivity contribution in [3.63, 3.8) is 0 Å². The molecule has 1 saturated heterocycles. The number of aryl methyl sites for hydroxylation is 1. The molecule has 1 aliphatic rings. The number of hydrogen-bond donors (Lipinski definition) is 0. The molecule has 0 spiro atoms. The van der Waals surface area contributed by atoms with E-state index in [1.165, 1.54) is 9.75 Å². The van der Waals surface area contributed by atoms with Crippen molar-refractivity contribution in [1.82, 2.24) is 19.4 Å². The molecule has 0 atom stereocenters. The molecular formula is C19H24N4OS. The third-order valence-electron chi connectivity index (χ3n) is 4.89. The maximum atomic E-state index is 5.37. The summed E-state index contributed by atoms with van der Waals surface area (Å²) in [7, 11) is 1.72. The van der Waals surface area contributed by atoms with Crippen molar-refractivity contribution in [3.05, 3.63) is 46.0 Å². The van der Waals surface area contributed by atoms with Gasteiger partial charge in [-0.15, -0.1) is 11.3 Å². The Labute approximate surface area is 152 Å². The summed E-state index contributed by atoms with van der Waals surface area (Å²) in [6, 6.07) is 8.91. The SMILES string of the molecule is COCc1nc2cccnc2n1C1CCN(Cc2ccc(C)s2)CC1. The molecular weight excluding hydrogens is 332 g/mol. The average Bonchev–Trinajstić information content (AvgIpc) is 3.19. The van der Waals surface area contributed by atoms with Crippen LogP contribution in [-0.2, 0) is 17.9 Å². The second-order valence-electron chi connectivity index (χ2n) is 6.70. The third kappa shape index (κ3) is 3.47. The van der Waals surface area contributed by atoms with Gasteiger partial charge in [-0.2, -0.15) is 0 Å². The van der Waals surface area contributed by atoms with Crippen molar-refractivity contribution in [2.24, 2.45) is 0 Å². The molecule has 0 aliphatic carbocycles. The molecule has 3 aromatic rings. The second kappa shape index (κ2) is 7.23. The van der Waals surface area contributed by atoms with Crippen molar-refractivity contribution < 1.29 is 4.74 Å². The number of likely N-dealkylation sites (tertiary alicyclic amines) is 1. The molecule has 0 N–H and O–H groups in total. The van der Waals surface area contributed by atoms with Gasteiger partial charge < -0.3 is 9.30 Å². The van der Waals surface area contributed by atoms with Crippen LogP contribution in [0.15, 0.2) is 30.5 Å². The largest absolute Gasteiger partial charge is 0.377 e. The van der Waals surface area contributed by atoms with E-state index < -0.39 is 0 Å². The van der Waals surface area contributed by atoms with E-state index in [2.05, 4.69) is 33.5 Å². The topological polar surface area (TPSA) is 43.2 Å². The van der Waals surface area contributed by atoms with Gasteiger partial charge in [-0.3, -0.25) is 4.90 Å². The number of nitrogens with zero attached hydrogens (tertiary/aromatic N) is 4. The smallest absolute Gasteiger partial charge is 0.160 e. The molecule has 5 nitrogen and oxygen atoms in total. The molecule has 3 aromatic heterocycles. The molecule has 6 heteroatoms. The van der Waals surface area contributed by atoms with Crippen LogP contribution in [0.25, 0.3) is 11.2 Å². The van der Waals surface area contributed by atoms with Crippen LogP contribution < -0.4 is 0 Å². The fraction of sp³-hybridized carbons (Fsp3) is 0.474. The number of pyridine rings is 1. The number of piperidine rings is 1. The van der Waals surface area contributed by atoms with E-state index >= 15 is 0 Å². The molecule has 4 rings (SSSR count). The number of rotatable bonds is 5. The lowest BCUT2D eigenvalue weighted by molar-refractivity contribution is 0.156. The average molecular weight is 356 g/mol. The highest BCUT2D eigenvalue weighted by Crippen LogP contribution is 2.29. The molecule has 1 aliphatic heterocycles. The summed E-state index contributed by atoms with van der Waals surface area (Å²) in [6.45, 7) is 6.00. The number of ether oxygens (including phenoxy) is 1. The molecule has 4 heterocycles. The van der Waals surface area contributed by atoms with Gasteiger partial charge in [0.05, 0.1) is 0 Å². The lowest BCUT2D eigenvalue weighted by Crippen LogP contribution is -2.34. The Morgan fingerprint density at radius 1 is 1.24 bits per heavy atom. The Bertz CT molecular complexity index is 848. The van der Waals surface area contributed by atoms with Crippen LogP contribution >= 0.6 is 11.3 Å². The third-order valence-corrected chi connectivity index (χ3v) is 5.88. The Kier molecular flexibility index (Phi) is 4.83. The summed E-state index contributed by atoms with van der Waals surface area (Å²) < 4.78 is 7.68. The van der Waals surface area contributed by atoms with Gasteiger partial charge in [-0.25, -0.2) is 9.97 Å². The monoisotopic (exact) mass is 356 g/mol. The summed E-state index contributed by atoms with van der Waals surface area (Å²) in [4.78, 5) is 14.7. The van der Waals surface area contributed by atoms with Crippen LogP contribution in [0.4, 0.5) is 0 Å². The first-order chi connectivity index (χ1) is 12.2. The zero-order chi connectivity index (χ0) is 17.2. The second-order valence-corrected chi connectivity index (χ2v) is 8.07. The minimum Gasteiger partial charge on any atom is -0.377 e. The van der Waals surface area contributed by atoms with Crippen molar-refractivity contribution in [1.29, 1.82) is 0 Å². The van der Waals surface area contributed by atoms with E-state index in [9.17, 15) is 0 Å². The zero-order valence-corrected chi connectivity index (χ0v) is 15.6. The first-order valence-electron chi connectivity index (χ1n) is 8.83. The fourth-order valence-electron chi connectivity index (χ4n) is 3.72. The minimum absolute atomic E-state index is 0.450. The number of methoxy groups -OCH3 is 1. The zero-order valence-electron chi connectivity index (χ0n) is 14.8. The molecule has 0 bridgehead atoms. The Morgan fingerprint density at radius 2 is 2.08 bits per heavy atom. The van der Waals surface area contributed by atoms with Gasteiger partial charge in [0.1, 0.15) is 17.9 Å². The highest BCUT2D eigenvalue weighted by Gasteiger charge is 2.25. The Hall–Kier alpha value is -1.76. The lowest BCUT2D eigenvalue weighted by Gasteiger charge is -2.33. The van der Waals surface area contributed by atoms with Crippen LogP contribution in [0.1, 0.15) is 34.5 Å². The van der Waals surface area contributed by atoms with Gasteiger partial charge in [0.15, 0.2) is 5.65 Å². The minimum atomic E-state index is 0.450. The number of thiophene rings is 1. The van der Waals surface area contributed by atoms with Gasteiger partial charge in [-0.1, -0.05) is 0 Å². The number of aromatic nitrogens is 3. The quantitative estimate of drug-likeness (QED) is 0.698. The van der Waals surface area contributed by atoms with Crippen LogP contribution in [0.5, 0.6) is 0 Å². The first-order valence-corrected chi connectivity index (χ1v) is 9.64. The lowest BCUT2D eigenvalue weighted by atomic mass is 10.0. The van der Waals surface area contributed by atoms with E-state index in [-0.39, 0.29) is 0 Å². The van der Waals surface area contributed by atoms with Crippen LogP contribution in [-0.4, -0.2) is 39.6 Å². The number of hydrogen-bond acceptors (Lipinski definition) is 5. The van der Waals surface area contributed by atoms with E-state index in [1.54, 1.807) is 7.11 Å². The fourth-order valence-corrected chi connectivity index (χ4v) is 4.65. The van der Waals surface area contributed by atoms with Crippen LogP contribution in [0.2, 0.25) is 0 Å². The first kappa shape index (κ1) is 16.7. The van der Waals surface area contributed by atoms with Crippen LogP contribution in [0, 0.1) is 6.92 Å². The van der Waals surface area contributed by atoms with Gasteiger partial charge in [0, 0.05) is 48.7 Å². The van der Waals surface area contributed by atoms with E-state index in [0.717, 1.165) is 49.5 Å². The molecule has 0 saturated carbocycles. The van der Waals surface area contributed by atoms with Crippen molar-refractivity contribution >= 4 is 22.5 Å². The van der Waals surface area contributed by atoms with Gasteiger partial charge in [0.2, 0.25) is 0 Å². The summed E-state index contributed by atoms with van der Waals surface area (Å²) in [5.74, 6) is 0.989. The molecule has 0 aromatic carbocycles. The predicted octanol–water partition coefficient (Wildman–Crippen LogP) is 3.78. The van der Waals surface area contributed by atoms with E-state index in [4.69, 9.17) is 9.72 Å². The van der Waals surface area contributed by atoms with Crippen LogP contribution in [0.3, 0.4) is 0 Å². The molecule has 0 amide bonds. The van der Waals surface area contributed by atoms with Crippen molar-refractivity contribution in [3.8, 4) is 0 Å². The molecule has 0 radical (unpaired) electrons. The summed E-state index contributed by atoms with van der Waals surface area (Å²) in [5, 5.41) is 0. The predicted molar refractivity (Wildman–Crippen MR) is 101 cm³/mol. The van der Waals surface area contributed by atoms with E-state index in [1.807, 2.05) is 29.7 Å². The standard InChI is InChI=1S/C19H24N4OS/c1-14-5-6-16(25-14)12-22-10-7-15(8-11-22)23-18(13-24-2)21-17-4-3-9-20-19(17)23/h3-6,9,15H,7-8,10-13H2,1-2H3. The Morgan fingerprint density at radius 3 is 2.80 bits per heavy atom. The number of imidazole rings is 1. The molecule has 1 fully saturated rings. The maximum Gasteiger partial charge on any atom is 0.160 e. The molecule has 132 valence electrons. The Balaban J connectivity index is 1.50. The molecule has 25 heavy (non-hydrogen) atoms. The highest BCUT2D eigenvalue weighted by atomic mass is 32.1. The van der Waals surface area contributed by atoms with Gasteiger partial charge in [-0.05, 0) is 44.0 Å². The van der Waals surface area contributed by atoms with Gasteiger partial charge >= 0.3 is 0 Å². The maximum absolute atomic E-state index is 5.37. The normalized spacial score (nSPS) is 16.7. The van der Waals surface area contributed by atoms with Crippen molar-refractivity contribution in [2.75, 3.05) is 20.2 Å². The number of fused-ring (bicyclic) bond motifs is 1. The summed E-state index contributed by atoms with van der Waals surface area (Å²) >= 11 is 1.91. The molecule has 0 unspecified atom stereocenters.